The van der Waals surface area contributed by atoms with Crippen LogP contribution in [0.3, 0.4) is 0 Å². The van der Waals surface area contributed by atoms with E-state index in [1.807, 2.05) is 0 Å². The van der Waals surface area contributed by atoms with E-state index in [0.29, 0.717) is 11.3 Å². The van der Waals surface area contributed by atoms with Gasteiger partial charge in [-0.25, -0.2) is 0 Å². The van der Waals surface area contributed by atoms with E-state index in [-0.39, 0.29) is 5.57 Å². The second-order valence-electron chi connectivity index (χ2n) is 4.31. The molecule has 0 spiro atoms. The highest BCUT2D eigenvalue weighted by Gasteiger charge is 2.27. The summed E-state index contributed by atoms with van der Waals surface area (Å²) in [7, 11) is 0. The summed E-state index contributed by atoms with van der Waals surface area (Å²) in [6.07, 6.45) is -3.23. The van der Waals surface area contributed by atoms with Crippen LogP contribution >= 0.6 is 0 Å². The van der Waals surface area contributed by atoms with E-state index in [0.717, 1.165) is 0 Å². The van der Waals surface area contributed by atoms with Gasteiger partial charge in [0.05, 0.1) is 0 Å². The van der Waals surface area contributed by atoms with E-state index in [2.05, 4.69) is 10.1 Å². The Bertz CT molecular complexity index is 646. The lowest BCUT2D eigenvalue weighted by atomic mass is 10.1. The number of primary amides is 1. The first-order valence-corrected chi connectivity index (χ1v) is 6.17. The van der Waals surface area contributed by atoms with Gasteiger partial charge in [0.2, 0.25) is 5.91 Å². The van der Waals surface area contributed by atoms with Crippen molar-refractivity contribution in [1.29, 1.82) is 5.26 Å². The molecular formula is C14H12F3N3O3. The maximum Gasteiger partial charge on any atom is 0.411 e. The van der Waals surface area contributed by atoms with Crippen molar-refractivity contribution < 1.29 is 27.5 Å². The summed E-state index contributed by atoms with van der Waals surface area (Å²) in [4.78, 5) is 22.3. The van der Waals surface area contributed by atoms with Crippen LogP contribution in [0.1, 0.15) is 5.56 Å². The van der Waals surface area contributed by atoms with E-state index in [1.165, 1.54) is 30.3 Å². The number of hydrogen-bond acceptors (Lipinski definition) is 4. The van der Waals surface area contributed by atoms with Gasteiger partial charge in [-0.05, 0) is 23.8 Å². The van der Waals surface area contributed by atoms with Crippen molar-refractivity contribution in [3.8, 4) is 6.07 Å². The number of halogens is 3. The van der Waals surface area contributed by atoms with Crippen LogP contribution < -0.4 is 11.1 Å². The topological polar surface area (TPSA) is 105 Å². The van der Waals surface area contributed by atoms with Crippen LogP contribution in [0.5, 0.6) is 0 Å². The highest BCUT2D eigenvalue weighted by Crippen LogP contribution is 2.15. The standard InChI is InChI=1S/C14H12F3N3O3/c15-14(16,17)8-23-7-12(21)20-11-3-1-9(2-4-11)5-10(6-18)13(19)22/h1-5H,7-8H2,(H2,19,22)(H,20,21)/b10-5-. The number of rotatable bonds is 6. The second kappa shape index (κ2) is 7.95. The highest BCUT2D eigenvalue weighted by molar-refractivity contribution is 6.00. The first kappa shape index (κ1) is 18.2. The van der Waals surface area contributed by atoms with E-state index < -0.39 is 31.2 Å². The Morgan fingerprint density at radius 1 is 1.30 bits per heavy atom. The minimum absolute atomic E-state index is 0.234. The molecule has 23 heavy (non-hydrogen) atoms. The summed E-state index contributed by atoms with van der Waals surface area (Å²) in [5.74, 6) is -1.61. The average molecular weight is 327 g/mol. The quantitative estimate of drug-likeness (QED) is 0.611. The molecule has 0 aliphatic carbocycles. The van der Waals surface area contributed by atoms with Crippen molar-refractivity contribution >= 4 is 23.6 Å². The molecular weight excluding hydrogens is 315 g/mol. The van der Waals surface area contributed by atoms with Gasteiger partial charge in [-0.1, -0.05) is 12.1 Å². The number of carbonyl (C=O) groups is 2. The van der Waals surface area contributed by atoms with Crippen molar-refractivity contribution in [3.05, 3.63) is 35.4 Å². The van der Waals surface area contributed by atoms with E-state index in [9.17, 15) is 22.8 Å². The number of hydrogen-bond donors (Lipinski definition) is 2. The fraction of sp³-hybridized carbons (Fsp3) is 0.214. The van der Waals surface area contributed by atoms with Gasteiger partial charge in [-0.15, -0.1) is 0 Å². The molecule has 3 N–H and O–H groups in total. The SMILES string of the molecule is N#C/C(=C/c1ccc(NC(=O)COCC(F)(F)F)cc1)C(N)=O. The van der Waals surface area contributed by atoms with Crippen molar-refractivity contribution in [2.45, 2.75) is 6.18 Å². The third kappa shape index (κ3) is 7.10. The summed E-state index contributed by atoms with van der Waals surface area (Å²) >= 11 is 0. The first-order chi connectivity index (χ1) is 10.7. The molecule has 0 fully saturated rings. The Morgan fingerprint density at radius 2 is 1.91 bits per heavy atom. The number of nitrogens with one attached hydrogen (secondary N) is 1. The highest BCUT2D eigenvalue weighted by atomic mass is 19.4. The number of carbonyl (C=O) groups excluding carboxylic acids is 2. The van der Waals surface area contributed by atoms with Crippen LogP contribution in [0.25, 0.3) is 6.08 Å². The molecule has 1 rings (SSSR count). The smallest absolute Gasteiger partial charge is 0.365 e. The molecule has 0 saturated heterocycles. The molecule has 0 atom stereocenters. The monoisotopic (exact) mass is 327 g/mol. The third-order valence-corrected chi connectivity index (χ3v) is 2.39. The summed E-state index contributed by atoms with van der Waals surface area (Å²) in [6, 6.07) is 7.52. The number of benzene rings is 1. The molecule has 0 aliphatic heterocycles. The molecule has 1 aromatic carbocycles. The second-order valence-corrected chi connectivity index (χ2v) is 4.31. The molecule has 0 radical (unpaired) electrons. The lowest BCUT2D eigenvalue weighted by Gasteiger charge is -2.08. The largest absolute Gasteiger partial charge is 0.411 e. The summed E-state index contributed by atoms with van der Waals surface area (Å²) in [5, 5.41) is 11.0. The zero-order chi connectivity index (χ0) is 17.5. The Balaban J connectivity index is 2.59. The Hall–Kier alpha value is -2.86. The summed E-state index contributed by atoms with van der Waals surface area (Å²) < 4.78 is 39.8. The number of ether oxygens (including phenoxy) is 1. The van der Waals surface area contributed by atoms with Gasteiger partial charge in [0.25, 0.3) is 5.91 Å². The Morgan fingerprint density at radius 3 is 2.39 bits per heavy atom. The van der Waals surface area contributed by atoms with Crippen molar-refractivity contribution in [3.63, 3.8) is 0 Å². The number of nitrogens with two attached hydrogens (primary N) is 1. The molecule has 0 saturated carbocycles. The number of alkyl halides is 3. The number of amides is 2. The molecule has 0 aliphatic rings. The Kier molecular flexibility index (Phi) is 6.29. The first-order valence-electron chi connectivity index (χ1n) is 6.17. The van der Waals surface area contributed by atoms with Gasteiger partial charge < -0.3 is 15.8 Å². The molecule has 0 bridgehead atoms. The normalized spacial score (nSPS) is 11.7. The van der Waals surface area contributed by atoms with Gasteiger partial charge in [0.15, 0.2) is 0 Å². The van der Waals surface area contributed by atoms with Crippen molar-refractivity contribution in [2.24, 2.45) is 5.73 Å². The molecule has 2 amide bonds. The fourth-order valence-corrected chi connectivity index (χ4v) is 1.44. The lowest BCUT2D eigenvalue weighted by Crippen LogP contribution is -2.23. The lowest BCUT2D eigenvalue weighted by molar-refractivity contribution is -0.174. The summed E-state index contributed by atoms with van der Waals surface area (Å²) in [6.45, 7) is -2.24. The van der Waals surface area contributed by atoms with Crippen molar-refractivity contribution in [2.75, 3.05) is 18.5 Å². The van der Waals surface area contributed by atoms with Gasteiger partial charge in [0.1, 0.15) is 24.9 Å². The molecule has 122 valence electrons. The van der Waals surface area contributed by atoms with Gasteiger partial charge in [-0.2, -0.15) is 18.4 Å². The molecule has 0 heterocycles. The van der Waals surface area contributed by atoms with Crippen LogP contribution in [0.15, 0.2) is 29.8 Å². The van der Waals surface area contributed by atoms with Gasteiger partial charge in [-0.3, -0.25) is 9.59 Å². The van der Waals surface area contributed by atoms with E-state index in [4.69, 9.17) is 11.0 Å². The van der Waals surface area contributed by atoms with E-state index >= 15 is 0 Å². The predicted octanol–water partition coefficient (Wildman–Crippen LogP) is 1.60. The minimum Gasteiger partial charge on any atom is -0.365 e. The molecule has 9 heteroatoms. The maximum absolute atomic E-state index is 11.8. The fourth-order valence-electron chi connectivity index (χ4n) is 1.44. The summed E-state index contributed by atoms with van der Waals surface area (Å²) in [5.41, 5.74) is 5.57. The van der Waals surface area contributed by atoms with Crippen molar-refractivity contribution in [1.82, 2.24) is 0 Å². The molecule has 0 unspecified atom stereocenters. The van der Waals surface area contributed by atoms with Gasteiger partial charge in [0, 0.05) is 5.69 Å². The van der Waals surface area contributed by atoms with Crippen LogP contribution in [0.2, 0.25) is 0 Å². The maximum atomic E-state index is 11.8. The number of nitriles is 1. The van der Waals surface area contributed by atoms with Crippen LogP contribution in [0.4, 0.5) is 18.9 Å². The van der Waals surface area contributed by atoms with Crippen LogP contribution in [-0.4, -0.2) is 31.2 Å². The third-order valence-electron chi connectivity index (χ3n) is 2.39. The molecule has 0 aromatic heterocycles. The van der Waals surface area contributed by atoms with E-state index in [1.54, 1.807) is 6.07 Å². The molecule has 6 nitrogen and oxygen atoms in total. The van der Waals surface area contributed by atoms with Crippen LogP contribution in [-0.2, 0) is 14.3 Å². The minimum atomic E-state index is -4.49. The Labute approximate surface area is 129 Å². The van der Waals surface area contributed by atoms with Crippen LogP contribution in [0, 0.1) is 11.3 Å². The zero-order valence-corrected chi connectivity index (χ0v) is 11.7. The number of anilines is 1. The predicted molar refractivity (Wildman–Crippen MR) is 74.7 cm³/mol. The number of nitrogens with zero attached hydrogens (tertiary/aromatic N) is 1. The molecule has 1 aromatic rings. The zero-order valence-electron chi connectivity index (χ0n) is 11.7. The average Bonchev–Trinajstić information content (AvgIpc) is 2.44. The van der Waals surface area contributed by atoms with Gasteiger partial charge >= 0.3 is 6.18 Å².